The van der Waals surface area contributed by atoms with Crippen LogP contribution in [0.5, 0.6) is 0 Å². The van der Waals surface area contributed by atoms with Gasteiger partial charge in [-0.2, -0.15) is 0 Å². The number of aliphatic imine (C=N–C) groups is 1. The van der Waals surface area contributed by atoms with Crippen LogP contribution in [0.3, 0.4) is 0 Å². The zero-order valence-corrected chi connectivity index (χ0v) is 14.9. The smallest absolute Gasteiger partial charge is 0.191 e. The first-order valence-corrected chi connectivity index (χ1v) is 8.68. The molecule has 22 heavy (non-hydrogen) atoms. The van der Waals surface area contributed by atoms with Gasteiger partial charge in [0.05, 0.1) is 6.54 Å². The van der Waals surface area contributed by atoms with Crippen molar-refractivity contribution in [2.24, 2.45) is 4.99 Å². The minimum Gasteiger partial charge on any atom is -0.355 e. The van der Waals surface area contributed by atoms with Crippen LogP contribution in [0.4, 0.5) is 0 Å². The number of likely N-dealkylation sites (N-methyl/N-ethyl adjacent to an activating group) is 1. The molecule has 1 atom stereocenters. The van der Waals surface area contributed by atoms with E-state index in [-0.39, 0.29) is 0 Å². The van der Waals surface area contributed by atoms with Gasteiger partial charge in [0.15, 0.2) is 5.96 Å². The zero-order chi connectivity index (χ0) is 15.9. The van der Waals surface area contributed by atoms with E-state index in [1.54, 1.807) is 11.3 Å². The molecule has 0 bridgehead atoms. The van der Waals surface area contributed by atoms with Gasteiger partial charge in [0.25, 0.3) is 0 Å². The summed E-state index contributed by atoms with van der Waals surface area (Å²) >= 11 is 1.72. The summed E-state index contributed by atoms with van der Waals surface area (Å²) in [5.74, 6) is 0.842. The number of piperazine rings is 1. The number of aryl methyl sites for hydroxylation is 1. The van der Waals surface area contributed by atoms with Crippen molar-refractivity contribution in [3.8, 4) is 0 Å². The molecule has 0 amide bonds. The second-order valence-electron chi connectivity index (χ2n) is 5.86. The predicted molar refractivity (Wildman–Crippen MR) is 93.6 cm³/mol. The second kappa shape index (κ2) is 8.45. The molecule has 1 aliphatic rings. The van der Waals surface area contributed by atoms with E-state index in [1.807, 2.05) is 13.2 Å². The van der Waals surface area contributed by atoms with E-state index < -0.39 is 0 Å². The number of rotatable bonds is 5. The van der Waals surface area contributed by atoms with Crippen molar-refractivity contribution >= 4 is 17.3 Å². The summed E-state index contributed by atoms with van der Waals surface area (Å²) in [6, 6.07) is 0.509. The highest BCUT2D eigenvalue weighted by Gasteiger charge is 2.19. The van der Waals surface area contributed by atoms with E-state index in [0.29, 0.717) is 6.04 Å². The SMILES string of the molecule is CN=C(NCc1ncc(C)s1)NCC(C)N1CCN(C)CC1. The molecule has 2 heterocycles. The Hall–Kier alpha value is -1.18. The van der Waals surface area contributed by atoms with Gasteiger partial charge in [-0.05, 0) is 20.9 Å². The third-order valence-corrected chi connectivity index (χ3v) is 4.94. The van der Waals surface area contributed by atoms with Crippen LogP contribution < -0.4 is 10.6 Å². The van der Waals surface area contributed by atoms with Gasteiger partial charge in [0, 0.05) is 56.9 Å². The molecule has 0 aromatic carbocycles. The second-order valence-corrected chi connectivity index (χ2v) is 7.18. The van der Waals surface area contributed by atoms with E-state index in [4.69, 9.17) is 0 Å². The monoisotopic (exact) mass is 324 g/mol. The van der Waals surface area contributed by atoms with Gasteiger partial charge in [0.2, 0.25) is 0 Å². The molecule has 124 valence electrons. The molecule has 1 saturated heterocycles. The number of guanidine groups is 1. The Morgan fingerprint density at radius 3 is 2.68 bits per heavy atom. The molecule has 7 heteroatoms. The van der Waals surface area contributed by atoms with Crippen molar-refractivity contribution in [1.29, 1.82) is 0 Å². The molecule has 0 spiro atoms. The van der Waals surface area contributed by atoms with Crippen molar-refractivity contribution < 1.29 is 0 Å². The van der Waals surface area contributed by atoms with Gasteiger partial charge in [0.1, 0.15) is 5.01 Å². The third kappa shape index (κ3) is 5.23. The lowest BCUT2D eigenvalue weighted by Gasteiger charge is -2.36. The lowest BCUT2D eigenvalue weighted by Crippen LogP contribution is -2.52. The molecule has 2 rings (SSSR count). The maximum Gasteiger partial charge on any atom is 0.191 e. The number of hydrogen-bond acceptors (Lipinski definition) is 5. The number of aromatic nitrogens is 1. The van der Waals surface area contributed by atoms with Gasteiger partial charge in [-0.1, -0.05) is 0 Å². The fourth-order valence-electron chi connectivity index (χ4n) is 2.50. The van der Waals surface area contributed by atoms with E-state index in [0.717, 1.165) is 50.2 Å². The third-order valence-electron chi connectivity index (χ3n) is 4.03. The molecule has 1 aliphatic heterocycles. The largest absolute Gasteiger partial charge is 0.355 e. The highest BCUT2D eigenvalue weighted by Crippen LogP contribution is 2.10. The Bertz CT molecular complexity index is 478. The first kappa shape index (κ1) is 17.2. The van der Waals surface area contributed by atoms with Crippen molar-refractivity contribution in [1.82, 2.24) is 25.4 Å². The average molecular weight is 324 g/mol. The predicted octanol–water partition coefficient (Wildman–Crippen LogP) is 0.752. The van der Waals surface area contributed by atoms with E-state index in [9.17, 15) is 0 Å². The first-order valence-electron chi connectivity index (χ1n) is 7.87. The fourth-order valence-corrected chi connectivity index (χ4v) is 3.23. The van der Waals surface area contributed by atoms with E-state index >= 15 is 0 Å². The lowest BCUT2D eigenvalue weighted by atomic mass is 10.2. The Balaban J connectivity index is 1.71. The van der Waals surface area contributed by atoms with Crippen molar-refractivity contribution in [3.63, 3.8) is 0 Å². The molecule has 6 nitrogen and oxygen atoms in total. The van der Waals surface area contributed by atoms with Crippen LogP contribution in [0.1, 0.15) is 16.8 Å². The molecule has 0 aliphatic carbocycles. The minimum atomic E-state index is 0.509. The quantitative estimate of drug-likeness (QED) is 0.618. The zero-order valence-electron chi connectivity index (χ0n) is 14.1. The normalized spacial score (nSPS) is 19.2. The highest BCUT2D eigenvalue weighted by molar-refractivity contribution is 7.11. The molecule has 0 saturated carbocycles. The minimum absolute atomic E-state index is 0.509. The Labute approximate surface area is 137 Å². The van der Waals surface area contributed by atoms with Gasteiger partial charge in [-0.25, -0.2) is 4.98 Å². The van der Waals surface area contributed by atoms with Crippen LogP contribution in [0, 0.1) is 6.92 Å². The molecule has 0 radical (unpaired) electrons. The number of hydrogen-bond donors (Lipinski definition) is 2. The standard InChI is InChI=1S/C15H28N6S/c1-12(21-7-5-20(4)6-8-21)9-18-15(16-3)19-11-14-17-10-13(2)22-14/h10,12H,5-9,11H2,1-4H3,(H2,16,18,19). The van der Waals surface area contributed by atoms with Crippen molar-refractivity contribution in [3.05, 3.63) is 16.1 Å². The molecule has 1 aromatic rings. The molecule has 2 N–H and O–H groups in total. The molecule has 1 fully saturated rings. The molecule has 1 aromatic heterocycles. The van der Waals surface area contributed by atoms with Gasteiger partial charge in [-0.15, -0.1) is 11.3 Å². The summed E-state index contributed by atoms with van der Waals surface area (Å²) in [6.45, 7) is 10.6. The number of thiazole rings is 1. The summed E-state index contributed by atoms with van der Waals surface area (Å²) in [7, 11) is 4.00. The Morgan fingerprint density at radius 2 is 2.09 bits per heavy atom. The summed E-state index contributed by atoms with van der Waals surface area (Å²) < 4.78 is 0. The molecular formula is C15H28N6S. The van der Waals surface area contributed by atoms with Crippen LogP contribution in [0.15, 0.2) is 11.2 Å². The number of nitrogens with zero attached hydrogens (tertiary/aromatic N) is 4. The average Bonchev–Trinajstić information content (AvgIpc) is 2.93. The molecular weight excluding hydrogens is 296 g/mol. The first-order chi connectivity index (χ1) is 10.6. The van der Waals surface area contributed by atoms with Gasteiger partial charge in [-0.3, -0.25) is 9.89 Å². The van der Waals surface area contributed by atoms with Crippen LogP contribution in [0.25, 0.3) is 0 Å². The summed E-state index contributed by atoms with van der Waals surface area (Å²) in [4.78, 5) is 14.8. The Kier molecular flexibility index (Phi) is 6.60. The number of nitrogens with one attached hydrogen (secondary N) is 2. The van der Waals surface area contributed by atoms with Crippen LogP contribution in [-0.4, -0.2) is 73.6 Å². The van der Waals surface area contributed by atoms with E-state index in [2.05, 4.69) is 51.3 Å². The van der Waals surface area contributed by atoms with E-state index in [1.165, 1.54) is 4.88 Å². The summed E-state index contributed by atoms with van der Waals surface area (Å²) in [6.07, 6.45) is 1.91. The van der Waals surface area contributed by atoms with Gasteiger partial charge < -0.3 is 15.5 Å². The summed E-state index contributed by atoms with van der Waals surface area (Å²) in [5.41, 5.74) is 0. The summed E-state index contributed by atoms with van der Waals surface area (Å²) in [5, 5.41) is 7.83. The van der Waals surface area contributed by atoms with Crippen molar-refractivity contribution in [2.75, 3.05) is 46.8 Å². The fraction of sp³-hybridized carbons (Fsp3) is 0.733. The van der Waals surface area contributed by atoms with Crippen molar-refractivity contribution in [2.45, 2.75) is 26.4 Å². The highest BCUT2D eigenvalue weighted by atomic mass is 32.1. The van der Waals surface area contributed by atoms with Crippen LogP contribution in [0.2, 0.25) is 0 Å². The van der Waals surface area contributed by atoms with Gasteiger partial charge >= 0.3 is 0 Å². The Morgan fingerprint density at radius 1 is 1.36 bits per heavy atom. The van der Waals surface area contributed by atoms with Crippen LogP contribution in [-0.2, 0) is 6.54 Å². The maximum atomic E-state index is 4.36. The maximum absolute atomic E-state index is 4.36. The topological polar surface area (TPSA) is 55.8 Å². The lowest BCUT2D eigenvalue weighted by molar-refractivity contribution is 0.120. The molecule has 1 unspecified atom stereocenters. The van der Waals surface area contributed by atoms with Crippen LogP contribution >= 0.6 is 11.3 Å².